The Balaban J connectivity index is 3.32. The number of benzene rings is 1. The third-order valence-electron chi connectivity index (χ3n) is 1.17. The summed E-state index contributed by atoms with van der Waals surface area (Å²) in [5, 5.41) is 11.9. The number of phenolic OH excluding ortho intramolecular Hbond substituents is 1. The summed E-state index contributed by atoms with van der Waals surface area (Å²) >= 11 is 5.35. The SMILES string of the molecule is [N-]=[N+]=Nc1cc(Cl)c(F)cc1O. The fourth-order valence-corrected chi connectivity index (χ4v) is 0.812. The molecule has 0 aliphatic carbocycles. The van der Waals surface area contributed by atoms with Gasteiger partial charge in [-0.2, -0.15) is 0 Å². The molecule has 0 radical (unpaired) electrons. The molecule has 0 amide bonds. The standard InChI is InChI=1S/C6H3ClFN3O/c7-3-1-5(10-11-9)6(12)2-4(3)8/h1-2,12H. The Bertz CT molecular complexity index is 362. The highest BCUT2D eigenvalue weighted by molar-refractivity contribution is 6.31. The second-order valence-electron chi connectivity index (χ2n) is 1.94. The van der Waals surface area contributed by atoms with E-state index in [1.165, 1.54) is 0 Å². The van der Waals surface area contributed by atoms with Gasteiger partial charge in [-0.05, 0) is 11.6 Å². The number of azide groups is 1. The predicted molar refractivity (Wildman–Crippen MR) is 41.9 cm³/mol. The van der Waals surface area contributed by atoms with E-state index in [0.29, 0.717) is 0 Å². The number of nitrogens with zero attached hydrogens (tertiary/aromatic N) is 3. The van der Waals surface area contributed by atoms with Gasteiger partial charge in [0.15, 0.2) is 0 Å². The van der Waals surface area contributed by atoms with Crippen molar-refractivity contribution in [3.05, 3.63) is 33.4 Å². The molecule has 1 aromatic rings. The van der Waals surface area contributed by atoms with Gasteiger partial charge in [0.05, 0.1) is 10.7 Å². The molecule has 12 heavy (non-hydrogen) atoms. The van der Waals surface area contributed by atoms with Crippen LogP contribution in [0.5, 0.6) is 5.75 Å². The van der Waals surface area contributed by atoms with Crippen molar-refractivity contribution in [1.29, 1.82) is 0 Å². The summed E-state index contributed by atoms with van der Waals surface area (Å²) in [7, 11) is 0. The van der Waals surface area contributed by atoms with E-state index in [1.54, 1.807) is 0 Å². The van der Waals surface area contributed by atoms with E-state index in [9.17, 15) is 4.39 Å². The molecular formula is C6H3ClFN3O. The Morgan fingerprint density at radius 2 is 2.25 bits per heavy atom. The number of phenols is 1. The van der Waals surface area contributed by atoms with Crippen LogP contribution in [0.2, 0.25) is 5.02 Å². The van der Waals surface area contributed by atoms with Gasteiger partial charge in [0, 0.05) is 11.0 Å². The summed E-state index contributed by atoms with van der Waals surface area (Å²) in [6, 6.07) is 1.83. The zero-order valence-electron chi connectivity index (χ0n) is 5.70. The van der Waals surface area contributed by atoms with Gasteiger partial charge >= 0.3 is 0 Å². The summed E-state index contributed by atoms with van der Waals surface area (Å²) in [5.41, 5.74) is 7.92. The van der Waals surface area contributed by atoms with Gasteiger partial charge in [0.25, 0.3) is 0 Å². The molecule has 0 saturated carbocycles. The van der Waals surface area contributed by atoms with Crippen LogP contribution in [0.25, 0.3) is 10.4 Å². The van der Waals surface area contributed by atoms with Crippen LogP contribution in [0.3, 0.4) is 0 Å². The van der Waals surface area contributed by atoms with Gasteiger partial charge in [0.1, 0.15) is 11.6 Å². The molecule has 0 aliphatic rings. The molecule has 0 unspecified atom stereocenters. The third-order valence-corrected chi connectivity index (χ3v) is 1.46. The zero-order chi connectivity index (χ0) is 9.14. The second kappa shape index (κ2) is 3.30. The summed E-state index contributed by atoms with van der Waals surface area (Å²) in [6.45, 7) is 0. The maximum absolute atomic E-state index is 12.6. The lowest BCUT2D eigenvalue weighted by atomic mass is 10.3. The molecule has 1 aromatic carbocycles. The highest BCUT2D eigenvalue weighted by atomic mass is 35.5. The van der Waals surface area contributed by atoms with Crippen molar-refractivity contribution in [3.63, 3.8) is 0 Å². The van der Waals surface area contributed by atoms with Crippen LogP contribution in [0.15, 0.2) is 17.2 Å². The molecular weight excluding hydrogens is 185 g/mol. The van der Waals surface area contributed by atoms with Gasteiger partial charge < -0.3 is 5.11 Å². The first-order chi connectivity index (χ1) is 5.65. The van der Waals surface area contributed by atoms with Crippen LogP contribution >= 0.6 is 11.6 Å². The Morgan fingerprint density at radius 3 is 2.83 bits per heavy atom. The van der Waals surface area contributed by atoms with E-state index in [4.69, 9.17) is 22.2 Å². The lowest BCUT2D eigenvalue weighted by molar-refractivity contribution is 0.470. The minimum Gasteiger partial charge on any atom is -0.507 e. The number of aromatic hydroxyl groups is 1. The Labute approximate surface area is 71.8 Å². The van der Waals surface area contributed by atoms with E-state index in [1.807, 2.05) is 0 Å². The normalized spacial score (nSPS) is 9.17. The summed E-state index contributed by atoms with van der Waals surface area (Å²) in [4.78, 5) is 2.42. The second-order valence-corrected chi connectivity index (χ2v) is 2.35. The largest absolute Gasteiger partial charge is 0.507 e. The van der Waals surface area contributed by atoms with E-state index in [0.717, 1.165) is 12.1 Å². The molecule has 0 bridgehead atoms. The van der Waals surface area contributed by atoms with Crippen molar-refractivity contribution in [3.8, 4) is 5.75 Å². The zero-order valence-corrected chi connectivity index (χ0v) is 6.46. The summed E-state index contributed by atoms with van der Waals surface area (Å²) in [5.74, 6) is -1.19. The molecule has 0 saturated heterocycles. The van der Waals surface area contributed by atoms with Crippen molar-refractivity contribution in [2.75, 3.05) is 0 Å². The molecule has 0 heterocycles. The van der Waals surface area contributed by atoms with Crippen LogP contribution < -0.4 is 0 Å². The molecule has 0 aliphatic heterocycles. The first kappa shape index (κ1) is 8.64. The lowest BCUT2D eigenvalue weighted by Gasteiger charge is -1.98. The first-order valence-electron chi connectivity index (χ1n) is 2.88. The van der Waals surface area contributed by atoms with Crippen molar-refractivity contribution in [1.82, 2.24) is 0 Å². The Kier molecular flexibility index (Phi) is 2.38. The first-order valence-corrected chi connectivity index (χ1v) is 3.26. The molecule has 1 N–H and O–H groups in total. The van der Waals surface area contributed by atoms with Gasteiger partial charge in [0.2, 0.25) is 0 Å². The van der Waals surface area contributed by atoms with E-state index in [-0.39, 0.29) is 10.7 Å². The van der Waals surface area contributed by atoms with Crippen LogP contribution in [0.1, 0.15) is 0 Å². The predicted octanol–water partition coefficient (Wildman–Crippen LogP) is 3.13. The van der Waals surface area contributed by atoms with Gasteiger partial charge in [-0.1, -0.05) is 16.7 Å². The maximum atomic E-state index is 12.6. The highest BCUT2D eigenvalue weighted by Gasteiger charge is 2.05. The molecule has 6 heteroatoms. The number of hydrogen-bond acceptors (Lipinski definition) is 2. The highest BCUT2D eigenvalue weighted by Crippen LogP contribution is 2.31. The van der Waals surface area contributed by atoms with E-state index >= 15 is 0 Å². The number of hydrogen-bond donors (Lipinski definition) is 1. The molecule has 62 valence electrons. The molecule has 0 aromatic heterocycles. The van der Waals surface area contributed by atoms with E-state index < -0.39 is 11.6 Å². The quantitative estimate of drug-likeness (QED) is 0.410. The monoisotopic (exact) mass is 187 g/mol. The molecule has 0 fully saturated rings. The topological polar surface area (TPSA) is 69.0 Å². The average molecular weight is 188 g/mol. The van der Waals surface area contributed by atoms with Gasteiger partial charge in [-0.15, -0.1) is 0 Å². The molecule has 0 atom stereocenters. The number of rotatable bonds is 1. The summed E-state index contributed by atoms with van der Waals surface area (Å²) < 4.78 is 12.6. The van der Waals surface area contributed by atoms with Crippen molar-refractivity contribution in [2.45, 2.75) is 0 Å². The number of halogens is 2. The molecule has 1 rings (SSSR count). The van der Waals surface area contributed by atoms with Crippen LogP contribution in [-0.2, 0) is 0 Å². The van der Waals surface area contributed by atoms with Gasteiger partial charge in [-0.25, -0.2) is 4.39 Å². The smallest absolute Gasteiger partial charge is 0.145 e. The fourth-order valence-electron chi connectivity index (χ4n) is 0.654. The van der Waals surface area contributed by atoms with Crippen LogP contribution in [0, 0.1) is 5.82 Å². The maximum Gasteiger partial charge on any atom is 0.145 e. The van der Waals surface area contributed by atoms with E-state index in [2.05, 4.69) is 10.0 Å². The van der Waals surface area contributed by atoms with Crippen LogP contribution in [-0.4, -0.2) is 5.11 Å². The summed E-state index contributed by atoms with van der Waals surface area (Å²) in [6.07, 6.45) is 0. The minimum atomic E-state index is -0.758. The van der Waals surface area contributed by atoms with Gasteiger partial charge in [-0.3, -0.25) is 0 Å². The van der Waals surface area contributed by atoms with Crippen molar-refractivity contribution >= 4 is 17.3 Å². The average Bonchev–Trinajstić information content (AvgIpc) is 2.01. The lowest BCUT2D eigenvalue weighted by Crippen LogP contribution is -1.75. The Hall–Kier alpha value is -1.45. The third kappa shape index (κ3) is 1.58. The molecule has 0 spiro atoms. The molecule has 4 nitrogen and oxygen atoms in total. The Morgan fingerprint density at radius 1 is 1.58 bits per heavy atom. The fraction of sp³-hybridized carbons (Fsp3) is 0. The van der Waals surface area contributed by atoms with Crippen LogP contribution in [0.4, 0.5) is 10.1 Å². The van der Waals surface area contributed by atoms with Crippen molar-refractivity contribution in [2.24, 2.45) is 5.11 Å². The van der Waals surface area contributed by atoms with Crippen molar-refractivity contribution < 1.29 is 9.50 Å². The minimum absolute atomic E-state index is 0.0936.